The summed E-state index contributed by atoms with van der Waals surface area (Å²) in [4.78, 5) is 40.5. The Morgan fingerprint density at radius 2 is 1.44 bits per heavy atom. The van der Waals surface area contributed by atoms with Gasteiger partial charge in [0.15, 0.2) is 0 Å². The monoisotopic (exact) mass is 545 g/mol. The summed E-state index contributed by atoms with van der Waals surface area (Å²) in [6, 6.07) is 21.3. The van der Waals surface area contributed by atoms with E-state index in [2.05, 4.69) is 26.5 Å². The van der Waals surface area contributed by atoms with E-state index in [9.17, 15) is 18.8 Å². The number of hydrogen-bond donors (Lipinski definition) is 4. The Bertz CT molecular complexity index is 1490. The Morgan fingerprint density at radius 1 is 0.795 bits per heavy atom. The molecule has 0 atom stereocenters. The molecular weight excluding hydrogens is 525 g/mol. The van der Waals surface area contributed by atoms with Crippen molar-refractivity contribution in [3.8, 4) is 11.5 Å². The van der Waals surface area contributed by atoms with Gasteiger partial charge in [-0.05, 0) is 78.4 Å². The molecule has 9 nitrogen and oxygen atoms in total. The van der Waals surface area contributed by atoms with Crippen LogP contribution in [0, 0.1) is 5.82 Å². The van der Waals surface area contributed by atoms with Gasteiger partial charge in [-0.2, -0.15) is 0 Å². The third-order valence-electron chi connectivity index (χ3n) is 5.01. The van der Waals surface area contributed by atoms with Gasteiger partial charge in [0, 0.05) is 34.7 Å². The molecule has 0 fully saturated rings. The molecule has 0 bridgehead atoms. The average Bonchev–Trinajstić information content (AvgIpc) is 2.94. The van der Waals surface area contributed by atoms with Gasteiger partial charge in [-0.15, -0.1) is 0 Å². The summed E-state index contributed by atoms with van der Waals surface area (Å²) in [6.07, 6.45) is 4.23. The van der Waals surface area contributed by atoms with E-state index in [4.69, 9.17) is 16.3 Å². The Hall–Kier alpha value is -5.22. The largest absolute Gasteiger partial charge is 0.457 e. The van der Waals surface area contributed by atoms with E-state index in [1.807, 2.05) is 0 Å². The van der Waals surface area contributed by atoms with Crippen LogP contribution in [0.2, 0.25) is 5.02 Å². The number of benzene rings is 3. The lowest BCUT2D eigenvalue weighted by Gasteiger charge is -2.10. The summed E-state index contributed by atoms with van der Waals surface area (Å²) in [7, 11) is 0. The SMILES string of the molecule is O=C(/C=C/c1ccc(Cl)cc1)NNC(=O)c1cc(Oc2ccc(NC(=O)Nc3ccc(F)cc3)cc2)ccn1. The minimum Gasteiger partial charge on any atom is -0.457 e. The quantitative estimate of drug-likeness (QED) is 0.173. The number of urea groups is 1. The van der Waals surface area contributed by atoms with Crippen LogP contribution in [0.5, 0.6) is 11.5 Å². The number of nitrogens with zero attached hydrogens (tertiary/aromatic N) is 1. The molecule has 1 heterocycles. The highest BCUT2D eigenvalue weighted by molar-refractivity contribution is 6.30. The van der Waals surface area contributed by atoms with Crippen molar-refractivity contribution in [1.29, 1.82) is 0 Å². The van der Waals surface area contributed by atoms with Gasteiger partial charge in [0.1, 0.15) is 23.0 Å². The first-order chi connectivity index (χ1) is 18.8. The van der Waals surface area contributed by atoms with E-state index < -0.39 is 23.7 Å². The van der Waals surface area contributed by atoms with E-state index in [0.29, 0.717) is 27.9 Å². The summed E-state index contributed by atoms with van der Waals surface area (Å²) in [5.41, 5.74) is 6.30. The van der Waals surface area contributed by atoms with Crippen LogP contribution in [0.25, 0.3) is 6.08 Å². The number of ether oxygens (including phenoxy) is 1. The molecule has 196 valence electrons. The number of halogens is 2. The molecule has 3 aromatic carbocycles. The number of anilines is 2. The first-order valence-corrected chi connectivity index (χ1v) is 11.8. The second kappa shape index (κ2) is 12.8. The van der Waals surface area contributed by atoms with E-state index >= 15 is 0 Å². The smallest absolute Gasteiger partial charge is 0.323 e. The summed E-state index contributed by atoms with van der Waals surface area (Å²) in [5.74, 6) is -0.799. The molecule has 0 spiro atoms. The van der Waals surface area contributed by atoms with Crippen LogP contribution < -0.4 is 26.2 Å². The van der Waals surface area contributed by atoms with Crippen LogP contribution in [0.15, 0.2) is 97.2 Å². The van der Waals surface area contributed by atoms with Crippen molar-refractivity contribution in [2.45, 2.75) is 0 Å². The summed E-state index contributed by atoms with van der Waals surface area (Å²) < 4.78 is 18.8. The molecule has 0 aliphatic heterocycles. The molecule has 0 aliphatic rings. The molecule has 11 heteroatoms. The van der Waals surface area contributed by atoms with Crippen molar-refractivity contribution in [1.82, 2.24) is 15.8 Å². The fourth-order valence-electron chi connectivity index (χ4n) is 3.14. The Kier molecular flexibility index (Phi) is 8.83. The second-order valence-corrected chi connectivity index (χ2v) is 8.35. The van der Waals surface area contributed by atoms with Crippen LogP contribution in [-0.4, -0.2) is 22.8 Å². The highest BCUT2D eigenvalue weighted by atomic mass is 35.5. The van der Waals surface area contributed by atoms with Gasteiger partial charge in [-0.25, -0.2) is 9.18 Å². The average molecular weight is 546 g/mol. The maximum Gasteiger partial charge on any atom is 0.323 e. The molecule has 4 amide bonds. The molecule has 0 unspecified atom stereocenters. The molecule has 4 aromatic rings. The normalized spacial score (nSPS) is 10.5. The number of aromatic nitrogens is 1. The van der Waals surface area contributed by atoms with Gasteiger partial charge >= 0.3 is 6.03 Å². The number of hydrazine groups is 1. The van der Waals surface area contributed by atoms with Crippen molar-refractivity contribution in [2.75, 3.05) is 10.6 Å². The van der Waals surface area contributed by atoms with E-state index in [1.54, 1.807) is 60.7 Å². The molecule has 0 radical (unpaired) electrons. The maximum atomic E-state index is 13.0. The zero-order valence-corrected chi connectivity index (χ0v) is 20.9. The minimum atomic E-state index is -0.639. The number of hydrogen-bond acceptors (Lipinski definition) is 5. The van der Waals surface area contributed by atoms with E-state index in [0.717, 1.165) is 5.56 Å². The topological polar surface area (TPSA) is 121 Å². The van der Waals surface area contributed by atoms with Crippen LogP contribution in [-0.2, 0) is 4.79 Å². The third-order valence-corrected chi connectivity index (χ3v) is 5.26. The van der Waals surface area contributed by atoms with Gasteiger partial charge in [-0.3, -0.25) is 25.4 Å². The lowest BCUT2D eigenvalue weighted by Crippen LogP contribution is -2.41. The fraction of sp³-hybridized carbons (Fsp3) is 0. The second-order valence-electron chi connectivity index (χ2n) is 7.92. The van der Waals surface area contributed by atoms with Crippen LogP contribution in [0.1, 0.15) is 16.1 Å². The number of nitrogens with one attached hydrogen (secondary N) is 4. The first kappa shape index (κ1) is 26.8. The highest BCUT2D eigenvalue weighted by Gasteiger charge is 2.10. The van der Waals surface area contributed by atoms with Gasteiger partial charge in [0.25, 0.3) is 11.8 Å². The van der Waals surface area contributed by atoms with Crippen molar-refractivity contribution < 1.29 is 23.5 Å². The van der Waals surface area contributed by atoms with Crippen molar-refractivity contribution in [3.63, 3.8) is 0 Å². The third kappa shape index (κ3) is 8.41. The predicted molar refractivity (Wildman–Crippen MR) is 146 cm³/mol. The van der Waals surface area contributed by atoms with Crippen LogP contribution in [0.3, 0.4) is 0 Å². The maximum absolute atomic E-state index is 13.0. The summed E-state index contributed by atoms with van der Waals surface area (Å²) in [5, 5.41) is 5.84. The van der Waals surface area contributed by atoms with Crippen molar-refractivity contribution in [2.24, 2.45) is 0 Å². The molecule has 39 heavy (non-hydrogen) atoms. The highest BCUT2D eigenvalue weighted by Crippen LogP contribution is 2.23. The van der Waals surface area contributed by atoms with Crippen LogP contribution in [0.4, 0.5) is 20.6 Å². The fourth-order valence-corrected chi connectivity index (χ4v) is 3.26. The van der Waals surface area contributed by atoms with Gasteiger partial charge < -0.3 is 15.4 Å². The summed E-state index contributed by atoms with van der Waals surface area (Å²) in [6.45, 7) is 0. The Balaban J connectivity index is 1.27. The molecular formula is C28H21ClFN5O4. The molecule has 0 aliphatic carbocycles. The first-order valence-electron chi connectivity index (χ1n) is 11.5. The lowest BCUT2D eigenvalue weighted by atomic mass is 10.2. The molecule has 0 saturated carbocycles. The molecule has 4 N–H and O–H groups in total. The van der Waals surface area contributed by atoms with E-state index in [-0.39, 0.29) is 5.69 Å². The van der Waals surface area contributed by atoms with Crippen molar-refractivity contribution in [3.05, 3.63) is 119 Å². The molecule has 1 aromatic heterocycles. The Labute approximate surface area is 227 Å². The number of amides is 4. The number of rotatable bonds is 7. The zero-order chi connectivity index (χ0) is 27.6. The predicted octanol–water partition coefficient (Wildman–Crippen LogP) is 5.78. The van der Waals surface area contributed by atoms with Crippen molar-refractivity contribution >= 4 is 46.9 Å². The number of carbonyl (C=O) groups is 3. The number of pyridine rings is 1. The zero-order valence-electron chi connectivity index (χ0n) is 20.2. The Morgan fingerprint density at radius 3 is 2.10 bits per heavy atom. The van der Waals surface area contributed by atoms with E-state index in [1.165, 1.54) is 42.6 Å². The molecule has 4 rings (SSSR count). The molecule has 0 saturated heterocycles. The van der Waals surface area contributed by atoms with Gasteiger partial charge in [0.2, 0.25) is 0 Å². The lowest BCUT2D eigenvalue weighted by molar-refractivity contribution is -0.117. The minimum absolute atomic E-state index is 0.0187. The van der Waals surface area contributed by atoms with Crippen LogP contribution >= 0.6 is 11.6 Å². The summed E-state index contributed by atoms with van der Waals surface area (Å²) >= 11 is 5.83. The number of carbonyl (C=O) groups excluding carboxylic acids is 3. The standard InChI is InChI=1S/C28H21ClFN5O4/c29-19-4-1-18(2-5-19)3-14-26(36)34-35-27(37)25-17-24(15-16-31-25)39-23-12-10-22(11-13-23)33-28(38)32-21-8-6-20(30)7-9-21/h1-17H,(H,34,36)(H,35,37)(H2,32,33,38)/b14-3+. The van der Waals surface area contributed by atoms with Gasteiger partial charge in [-0.1, -0.05) is 23.7 Å². The van der Waals surface area contributed by atoms with Gasteiger partial charge in [0.05, 0.1) is 0 Å².